The van der Waals surface area contributed by atoms with Crippen LogP contribution in [0.25, 0.3) is 0 Å². The minimum Gasteiger partial charge on any atom is -0.494 e. The Morgan fingerprint density at radius 3 is 3.07 bits per heavy atom. The maximum Gasteiger partial charge on any atom is 0.220 e. The smallest absolute Gasteiger partial charge is 0.220 e. The lowest BCUT2D eigenvalue weighted by Crippen LogP contribution is -2.40. The predicted molar refractivity (Wildman–Crippen MR) is 116 cm³/mol. The van der Waals surface area contributed by atoms with Crippen LogP contribution in [-0.2, 0) is 11.3 Å². The Hall–Kier alpha value is -1.56. The van der Waals surface area contributed by atoms with Crippen molar-refractivity contribution in [3.8, 4) is 5.75 Å². The number of ether oxygens (including phenoxy) is 1. The molecule has 1 aromatic heterocycles. The van der Waals surface area contributed by atoms with Crippen molar-refractivity contribution in [3.05, 3.63) is 51.2 Å². The van der Waals surface area contributed by atoms with Crippen molar-refractivity contribution >= 4 is 28.8 Å². The molecule has 1 fully saturated rings. The van der Waals surface area contributed by atoms with Crippen molar-refractivity contribution in [1.82, 2.24) is 10.2 Å². The van der Waals surface area contributed by atoms with Crippen molar-refractivity contribution in [2.75, 3.05) is 26.2 Å². The van der Waals surface area contributed by atoms with Crippen LogP contribution in [0.15, 0.2) is 35.7 Å². The number of carbonyl (C=O) groups excluding carboxylic acids is 1. The van der Waals surface area contributed by atoms with Gasteiger partial charge in [0.1, 0.15) is 5.75 Å². The number of hydrogen-bond acceptors (Lipinski definition) is 4. The molecule has 1 aliphatic heterocycles. The highest BCUT2D eigenvalue weighted by Crippen LogP contribution is 2.21. The van der Waals surface area contributed by atoms with Crippen LogP contribution in [-0.4, -0.2) is 37.0 Å². The van der Waals surface area contributed by atoms with Crippen molar-refractivity contribution < 1.29 is 9.53 Å². The zero-order chi connectivity index (χ0) is 19.8. The molecule has 1 N–H and O–H groups in total. The largest absolute Gasteiger partial charge is 0.494 e. The summed E-state index contributed by atoms with van der Waals surface area (Å²) in [4.78, 5) is 16.1. The SMILES string of the molecule is Cc1cc(OCCCC(=O)NCC2CCCN(Cc3cccs3)C2)ccc1Cl. The van der Waals surface area contributed by atoms with Crippen LogP contribution in [0.4, 0.5) is 0 Å². The molecule has 1 saturated heterocycles. The number of carbonyl (C=O) groups is 1. The molecule has 152 valence electrons. The molecule has 1 aliphatic rings. The van der Waals surface area contributed by atoms with E-state index in [-0.39, 0.29) is 5.91 Å². The lowest BCUT2D eigenvalue weighted by atomic mass is 9.98. The van der Waals surface area contributed by atoms with Crippen LogP contribution in [0, 0.1) is 12.8 Å². The van der Waals surface area contributed by atoms with Gasteiger partial charge >= 0.3 is 0 Å². The third kappa shape index (κ3) is 6.80. The van der Waals surface area contributed by atoms with E-state index in [1.807, 2.05) is 36.5 Å². The van der Waals surface area contributed by atoms with Gasteiger partial charge in [-0.2, -0.15) is 0 Å². The molecule has 0 aliphatic carbocycles. The van der Waals surface area contributed by atoms with Gasteiger partial charge in [-0.3, -0.25) is 9.69 Å². The number of benzene rings is 1. The number of nitrogens with zero attached hydrogens (tertiary/aromatic N) is 1. The fraction of sp³-hybridized carbons (Fsp3) is 0.500. The highest BCUT2D eigenvalue weighted by atomic mass is 35.5. The Kier molecular flexibility index (Phi) is 8.19. The standard InChI is InChI=1S/C22H29ClN2O2S/c1-17-13-19(8-9-21(17)23)27-11-3-7-22(26)24-14-18-5-2-10-25(15-18)16-20-6-4-12-28-20/h4,6,8-9,12-13,18H,2-3,5,7,10-11,14-16H2,1H3,(H,24,26). The maximum atomic E-state index is 12.1. The monoisotopic (exact) mass is 420 g/mol. The highest BCUT2D eigenvalue weighted by Gasteiger charge is 2.20. The van der Waals surface area contributed by atoms with Crippen molar-refractivity contribution in [1.29, 1.82) is 0 Å². The van der Waals surface area contributed by atoms with Crippen LogP contribution in [0.3, 0.4) is 0 Å². The molecule has 0 saturated carbocycles. The fourth-order valence-corrected chi connectivity index (χ4v) is 4.42. The molecule has 3 rings (SSSR count). The zero-order valence-electron chi connectivity index (χ0n) is 16.5. The molecular weight excluding hydrogens is 392 g/mol. The molecule has 1 aromatic carbocycles. The summed E-state index contributed by atoms with van der Waals surface area (Å²) in [5.74, 6) is 1.47. The second-order valence-electron chi connectivity index (χ2n) is 7.49. The number of halogens is 1. The van der Waals surface area contributed by atoms with Crippen molar-refractivity contribution in [2.24, 2.45) is 5.92 Å². The Morgan fingerprint density at radius 1 is 1.39 bits per heavy atom. The van der Waals surface area contributed by atoms with Crippen LogP contribution < -0.4 is 10.1 Å². The molecule has 2 aromatic rings. The van der Waals surface area contributed by atoms with E-state index >= 15 is 0 Å². The average Bonchev–Trinajstić information content (AvgIpc) is 3.19. The Balaban J connectivity index is 1.30. The summed E-state index contributed by atoms with van der Waals surface area (Å²) in [5, 5.41) is 5.98. The number of amides is 1. The summed E-state index contributed by atoms with van der Waals surface area (Å²) in [6.45, 7) is 6.52. The van der Waals surface area contributed by atoms with Crippen LogP contribution in [0.2, 0.25) is 5.02 Å². The topological polar surface area (TPSA) is 41.6 Å². The third-order valence-electron chi connectivity index (χ3n) is 5.10. The van der Waals surface area contributed by atoms with Gasteiger partial charge < -0.3 is 10.1 Å². The quantitative estimate of drug-likeness (QED) is 0.587. The highest BCUT2D eigenvalue weighted by molar-refractivity contribution is 7.09. The number of likely N-dealkylation sites (tertiary alicyclic amines) is 1. The molecular formula is C22H29ClN2O2S. The van der Waals surface area contributed by atoms with Crippen LogP contribution >= 0.6 is 22.9 Å². The van der Waals surface area contributed by atoms with Gasteiger partial charge in [-0.05, 0) is 73.9 Å². The molecule has 0 spiro atoms. The molecule has 4 nitrogen and oxygen atoms in total. The van der Waals surface area contributed by atoms with Gasteiger partial charge in [-0.1, -0.05) is 17.7 Å². The first-order valence-corrected chi connectivity index (χ1v) is 11.3. The Labute approximate surface area is 176 Å². The minimum absolute atomic E-state index is 0.117. The van der Waals surface area contributed by atoms with E-state index in [1.165, 1.54) is 17.7 Å². The van der Waals surface area contributed by atoms with E-state index in [0.29, 0.717) is 25.4 Å². The van der Waals surface area contributed by atoms with E-state index in [1.54, 1.807) is 0 Å². The normalized spacial score (nSPS) is 17.4. The van der Waals surface area contributed by atoms with Gasteiger partial charge in [0.25, 0.3) is 0 Å². The maximum absolute atomic E-state index is 12.1. The van der Waals surface area contributed by atoms with Gasteiger partial charge in [0.2, 0.25) is 5.91 Å². The lowest BCUT2D eigenvalue weighted by molar-refractivity contribution is -0.121. The first kappa shape index (κ1) is 21.2. The van der Waals surface area contributed by atoms with E-state index in [0.717, 1.165) is 42.5 Å². The summed E-state index contributed by atoms with van der Waals surface area (Å²) < 4.78 is 5.71. The second-order valence-corrected chi connectivity index (χ2v) is 8.93. The van der Waals surface area contributed by atoms with Crippen molar-refractivity contribution in [2.45, 2.75) is 39.2 Å². The summed E-state index contributed by atoms with van der Waals surface area (Å²) in [5.41, 5.74) is 0.998. The molecule has 1 unspecified atom stereocenters. The minimum atomic E-state index is 0.117. The first-order chi connectivity index (χ1) is 13.6. The molecule has 28 heavy (non-hydrogen) atoms. The van der Waals surface area contributed by atoms with Gasteiger partial charge in [0, 0.05) is 36.0 Å². The van der Waals surface area contributed by atoms with Gasteiger partial charge in [-0.25, -0.2) is 0 Å². The average molecular weight is 421 g/mol. The summed E-state index contributed by atoms with van der Waals surface area (Å²) in [6, 6.07) is 9.93. The number of nitrogens with one attached hydrogen (secondary N) is 1. The molecule has 0 radical (unpaired) electrons. The van der Waals surface area contributed by atoms with Gasteiger partial charge in [0.15, 0.2) is 0 Å². The first-order valence-electron chi connectivity index (χ1n) is 10.0. The molecule has 0 bridgehead atoms. The Morgan fingerprint density at radius 2 is 2.29 bits per heavy atom. The number of rotatable bonds is 9. The molecule has 1 atom stereocenters. The number of thiophene rings is 1. The van der Waals surface area contributed by atoms with E-state index < -0.39 is 0 Å². The molecule has 1 amide bonds. The molecule has 6 heteroatoms. The van der Waals surface area contributed by atoms with Crippen molar-refractivity contribution in [3.63, 3.8) is 0 Å². The second kappa shape index (κ2) is 10.8. The van der Waals surface area contributed by atoms with Crippen LogP contribution in [0.5, 0.6) is 5.75 Å². The predicted octanol–water partition coefficient (Wildman–Crippen LogP) is 4.90. The summed E-state index contributed by atoms with van der Waals surface area (Å²) in [7, 11) is 0. The lowest BCUT2D eigenvalue weighted by Gasteiger charge is -2.32. The van der Waals surface area contributed by atoms with Gasteiger partial charge in [-0.15, -0.1) is 11.3 Å². The van der Waals surface area contributed by atoms with Crippen LogP contribution in [0.1, 0.15) is 36.1 Å². The zero-order valence-corrected chi connectivity index (χ0v) is 18.0. The summed E-state index contributed by atoms with van der Waals surface area (Å²) >= 11 is 7.83. The summed E-state index contributed by atoms with van der Waals surface area (Å²) in [6.07, 6.45) is 3.61. The van der Waals surface area contributed by atoms with E-state index in [4.69, 9.17) is 16.3 Å². The number of piperidine rings is 1. The van der Waals surface area contributed by atoms with E-state index in [2.05, 4.69) is 27.7 Å². The third-order valence-corrected chi connectivity index (χ3v) is 6.38. The number of hydrogen-bond donors (Lipinski definition) is 1. The van der Waals surface area contributed by atoms with E-state index in [9.17, 15) is 4.79 Å². The fourth-order valence-electron chi connectivity index (χ4n) is 3.56. The Bertz CT molecular complexity index is 751. The van der Waals surface area contributed by atoms with Gasteiger partial charge in [0.05, 0.1) is 6.61 Å². The molecule has 2 heterocycles. The number of aryl methyl sites for hydroxylation is 1.